The Morgan fingerprint density at radius 3 is 2.89 bits per heavy atom. The summed E-state index contributed by atoms with van der Waals surface area (Å²) in [5.74, 6) is 1.92. The van der Waals surface area contributed by atoms with Crippen molar-refractivity contribution in [2.24, 2.45) is 0 Å². The first-order valence-electron chi connectivity index (χ1n) is 6.94. The van der Waals surface area contributed by atoms with Crippen LogP contribution < -0.4 is 9.47 Å². The Morgan fingerprint density at radius 1 is 1.28 bits per heavy atom. The molecule has 1 heterocycles. The zero-order valence-corrected chi connectivity index (χ0v) is 11.4. The van der Waals surface area contributed by atoms with E-state index < -0.39 is 0 Å². The molecule has 0 spiro atoms. The van der Waals surface area contributed by atoms with Crippen LogP contribution in [0.1, 0.15) is 25.8 Å². The fourth-order valence-electron chi connectivity index (χ4n) is 2.24. The predicted octanol–water partition coefficient (Wildman–Crippen LogP) is 2.73. The van der Waals surface area contributed by atoms with Gasteiger partial charge in [-0.1, -0.05) is 19.9 Å². The molecule has 0 saturated carbocycles. The zero-order valence-electron chi connectivity index (χ0n) is 11.4. The van der Waals surface area contributed by atoms with Crippen LogP contribution in [0.3, 0.4) is 0 Å². The molecule has 100 valence electrons. The molecule has 3 nitrogen and oxygen atoms in total. The van der Waals surface area contributed by atoms with E-state index in [1.54, 1.807) is 0 Å². The molecule has 0 aliphatic carbocycles. The molecular formula is C15H23NO2. The Labute approximate surface area is 110 Å². The number of hydrogen-bond donors (Lipinski definition) is 0. The van der Waals surface area contributed by atoms with Gasteiger partial charge in [0.25, 0.3) is 0 Å². The molecule has 0 aromatic heterocycles. The summed E-state index contributed by atoms with van der Waals surface area (Å²) in [5.41, 5.74) is 1.30. The standard InChI is InChI=1S/C15H23NO2/c1-3-16(4-2)9-11-17-14-8-7-13-6-5-10-18-15(13)12-14/h7-8,12H,3-6,9-11H2,1-2H3. The van der Waals surface area contributed by atoms with Crippen molar-refractivity contribution in [1.29, 1.82) is 0 Å². The van der Waals surface area contributed by atoms with Crippen molar-refractivity contribution in [2.45, 2.75) is 26.7 Å². The van der Waals surface area contributed by atoms with Crippen molar-refractivity contribution in [2.75, 3.05) is 32.8 Å². The van der Waals surface area contributed by atoms with Gasteiger partial charge in [-0.15, -0.1) is 0 Å². The van der Waals surface area contributed by atoms with Crippen LogP contribution >= 0.6 is 0 Å². The molecule has 3 heteroatoms. The lowest BCUT2D eigenvalue weighted by molar-refractivity contribution is 0.221. The molecule has 0 N–H and O–H groups in total. The summed E-state index contributed by atoms with van der Waals surface area (Å²) in [5, 5.41) is 0. The van der Waals surface area contributed by atoms with Crippen LogP contribution in [-0.4, -0.2) is 37.7 Å². The minimum absolute atomic E-state index is 0.737. The number of rotatable bonds is 6. The largest absolute Gasteiger partial charge is 0.493 e. The quantitative estimate of drug-likeness (QED) is 0.774. The van der Waals surface area contributed by atoms with Gasteiger partial charge in [-0.3, -0.25) is 0 Å². The maximum absolute atomic E-state index is 5.78. The fraction of sp³-hybridized carbons (Fsp3) is 0.600. The third-order valence-corrected chi connectivity index (χ3v) is 3.46. The molecule has 0 saturated heterocycles. The van der Waals surface area contributed by atoms with Gasteiger partial charge in [0.2, 0.25) is 0 Å². The molecular weight excluding hydrogens is 226 g/mol. The Morgan fingerprint density at radius 2 is 2.11 bits per heavy atom. The second kappa shape index (κ2) is 6.64. The molecule has 18 heavy (non-hydrogen) atoms. The first-order valence-corrected chi connectivity index (χ1v) is 6.94. The molecule has 0 atom stereocenters. The van der Waals surface area contributed by atoms with Gasteiger partial charge in [-0.2, -0.15) is 0 Å². The van der Waals surface area contributed by atoms with Gasteiger partial charge in [0.15, 0.2) is 0 Å². The van der Waals surface area contributed by atoms with Crippen LogP contribution in [0.2, 0.25) is 0 Å². The Kier molecular flexibility index (Phi) is 4.88. The molecule has 0 radical (unpaired) electrons. The van der Waals surface area contributed by atoms with Gasteiger partial charge in [-0.25, -0.2) is 0 Å². The van der Waals surface area contributed by atoms with E-state index in [1.165, 1.54) is 5.56 Å². The molecule has 0 fully saturated rings. The smallest absolute Gasteiger partial charge is 0.126 e. The SMILES string of the molecule is CCN(CC)CCOc1ccc2c(c1)OCCC2. The number of benzene rings is 1. The minimum atomic E-state index is 0.737. The van der Waals surface area contributed by atoms with Gasteiger partial charge in [0, 0.05) is 12.6 Å². The van der Waals surface area contributed by atoms with Crippen LogP contribution in [0.5, 0.6) is 11.5 Å². The van der Waals surface area contributed by atoms with Gasteiger partial charge >= 0.3 is 0 Å². The zero-order chi connectivity index (χ0) is 12.8. The van der Waals surface area contributed by atoms with Gasteiger partial charge < -0.3 is 14.4 Å². The van der Waals surface area contributed by atoms with Crippen molar-refractivity contribution in [3.8, 4) is 11.5 Å². The summed E-state index contributed by atoms with van der Waals surface area (Å²) in [4.78, 5) is 2.36. The molecule has 0 amide bonds. The van der Waals surface area contributed by atoms with Crippen LogP contribution in [0, 0.1) is 0 Å². The highest BCUT2D eigenvalue weighted by Gasteiger charge is 2.11. The highest BCUT2D eigenvalue weighted by atomic mass is 16.5. The highest BCUT2D eigenvalue weighted by Crippen LogP contribution is 2.28. The first-order chi connectivity index (χ1) is 8.83. The fourth-order valence-corrected chi connectivity index (χ4v) is 2.24. The highest BCUT2D eigenvalue weighted by molar-refractivity contribution is 5.41. The van der Waals surface area contributed by atoms with E-state index in [4.69, 9.17) is 9.47 Å². The lowest BCUT2D eigenvalue weighted by Crippen LogP contribution is -2.27. The third kappa shape index (κ3) is 3.39. The van der Waals surface area contributed by atoms with E-state index in [0.717, 1.165) is 57.2 Å². The summed E-state index contributed by atoms with van der Waals surface area (Å²) < 4.78 is 11.4. The van der Waals surface area contributed by atoms with E-state index in [0.29, 0.717) is 0 Å². The van der Waals surface area contributed by atoms with Crippen molar-refractivity contribution in [3.05, 3.63) is 23.8 Å². The summed E-state index contributed by atoms with van der Waals surface area (Å²) in [6, 6.07) is 6.20. The molecule has 1 aliphatic heterocycles. The molecule has 2 rings (SSSR count). The predicted molar refractivity (Wildman–Crippen MR) is 73.5 cm³/mol. The molecule has 1 aromatic carbocycles. The van der Waals surface area contributed by atoms with E-state index >= 15 is 0 Å². The van der Waals surface area contributed by atoms with Crippen molar-refractivity contribution < 1.29 is 9.47 Å². The lowest BCUT2D eigenvalue weighted by Gasteiger charge is -2.20. The minimum Gasteiger partial charge on any atom is -0.493 e. The van der Waals surface area contributed by atoms with Crippen LogP contribution in [0.4, 0.5) is 0 Å². The summed E-state index contributed by atoms with van der Waals surface area (Å²) in [6.07, 6.45) is 2.24. The number of ether oxygens (including phenoxy) is 2. The number of aryl methyl sites for hydroxylation is 1. The summed E-state index contributed by atoms with van der Waals surface area (Å²) in [6.45, 7) is 9.05. The van der Waals surface area contributed by atoms with Crippen molar-refractivity contribution >= 4 is 0 Å². The maximum Gasteiger partial charge on any atom is 0.126 e. The summed E-state index contributed by atoms with van der Waals surface area (Å²) in [7, 11) is 0. The normalized spacial score (nSPS) is 14.2. The van der Waals surface area contributed by atoms with Gasteiger partial charge in [0.05, 0.1) is 6.61 Å². The second-order valence-corrected chi connectivity index (χ2v) is 4.60. The third-order valence-electron chi connectivity index (χ3n) is 3.46. The van der Waals surface area contributed by atoms with Crippen LogP contribution in [0.15, 0.2) is 18.2 Å². The van der Waals surface area contributed by atoms with Crippen LogP contribution in [-0.2, 0) is 6.42 Å². The Balaban J connectivity index is 1.86. The molecule has 1 aliphatic rings. The molecule has 1 aromatic rings. The number of fused-ring (bicyclic) bond motifs is 1. The lowest BCUT2D eigenvalue weighted by atomic mass is 10.1. The number of nitrogens with zero attached hydrogens (tertiary/aromatic N) is 1. The average Bonchev–Trinajstić information content (AvgIpc) is 2.43. The summed E-state index contributed by atoms with van der Waals surface area (Å²) >= 11 is 0. The first kappa shape index (κ1) is 13.2. The molecule has 0 bridgehead atoms. The average molecular weight is 249 g/mol. The van der Waals surface area contributed by atoms with Gasteiger partial charge in [-0.05, 0) is 37.6 Å². The maximum atomic E-state index is 5.78. The number of likely N-dealkylation sites (N-methyl/N-ethyl adjacent to an activating group) is 1. The van der Waals surface area contributed by atoms with Crippen molar-refractivity contribution in [1.82, 2.24) is 4.90 Å². The molecule has 0 unspecified atom stereocenters. The van der Waals surface area contributed by atoms with Gasteiger partial charge in [0.1, 0.15) is 18.1 Å². The Bertz CT molecular complexity index is 375. The van der Waals surface area contributed by atoms with E-state index in [2.05, 4.69) is 30.9 Å². The van der Waals surface area contributed by atoms with E-state index in [1.807, 2.05) is 6.07 Å². The number of hydrogen-bond acceptors (Lipinski definition) is 3. The van der Waals surface area contributed by atoms with Crippen LogP contribution in [0.25, 0.3) is 0 Å². The van der Waals surface area contributed by atoms with Crippen molar-refractivity contribution in [3.63, 3.8) is 0 Å². The second-order valence-electron chi connectivity index (χ2n) is 4.60. The van der Waals surface area contributed by atoms with E-state index in [-0.39, 0.29) is 0 Å². The Hall–Kier alpha value is -1.22. The topological polar surface area (TPSA) is 21.7 Å². The monoisotopic (exact) mass is 249 g/mol. The van der Waals surface area contributed by atoms with E-state index in [9.17, 15) is 0 Å².